The zero-order valence-corrected chi connectivity index (χ0v) is 17.0. The van der Waals surface area contributed by atoms with E-state index in [-0.39, 0.29) is 6.61 Å². The number of rotatable bonds is 9. The lowest BCUT2D eigenvalue weighted by molar-refractivity contribution is -0.387. The molecule has 3 atom stereocenters. The predicted octanol–water partition coefficient (Wildman–Crippen LogP) is 2.39. The summed E-state index contributed by atoms with van der Waals surface area (Å²) in [5, 5.41) is 11.2. The highest BCUT2D eigenvalue weighted by Crippen LogP contribution is 2.24. The van der Waals surface area contributed by atoms with Crippen LogP contribution in [0.2, 0.25) is 0 Å². The Hall–Kier alpha value is -2.63. The maximum atomic E-state index is 12.8. The molecule has 10 heteroatoms. The van der Waals surface area contributed by atoms with Gasteiger partial charge in [0, 0.05) is 13.2 Å². The number of nitrogens with zero attached hydrogens (tertiary/aromatic N) is 1. The van der Waals surface area contributed by atoms with Crippen LogP contribution in [0.15, 0.2) is 71.6 Å². The van der Waals surface area contributed by atoms with Gasteiger partial charge in [-0.25, -0.2) is 13.1 Å². The van der Waals surface area contributed by atoms with Gasteiger partial charge in [0.25, 0.3) is 5.69 Å². The number of ether oxygens (including phenoxy) is 3. The number of sulfonamides is 1. The summed E-state index contributed by atoms with van der Waals surface area (Å²) in [5.74, 6) is 0. The van der Waals surface area contributed by atoms with Gasteiger partial charge in [-0.1, -0.05) is 48.5 Å². The van der Waals surface area contributed by atoms with Crippen molar-refractivity contribution in [2.45, 2.75) is 29.9 Å². The largest absolute Gasteiger partial charge is 0.374 e. The molecule has 0 unspecified atom stereocenters. The van der Waals surface area contributed by atoms with Gasteiger partial charge in [-0.05, 0) is 17.7 Å². The Bertz CT molecular complexity index is 995. The molecule has 0 aromatic heterocycles. The maximum absolute atomic E-state index is 12.8. The van der Waals surface area contributed by atoms with Crippen molar-refractivity contribution >= 4 is 15.7 Å². The molecule has 0 aliphatic carbocycles. The summed E-state index contributed by atoms with van der Waals surface area (Å²) in [4.78, 5) is 10.1. The summed E-state index contributed by atoms with van der Waals surface area (Å²) in [7, 11) is -2.72. The smallest absolute Gasteiger partial charge is 0.289 e. The number of nitro groups is 1. The average molecular weight is 434 g/mol. The number of para-hydroxylation sites is 1. The van der Waals surface area contributed by atoms with Gasteiger partial charge in [0.05, 0.1) is 24.2 Å². The van der Waals surface area contributed by atoms with Gasteiger partial charge >= 0.3 is 0 Å². The van der Waals surface area contributed by atoms with Crippen LogP contribution in [0.1, 0.15) is 5.56 Å². The van der Waals surface area contributed by atoms with Crippen LogP contribution in [0.25, 0.3) is 0 Å². The molecule has 2 aromatic carbocycles. The summed E-state index contributed by atoms with van der Waals surface area (Å²) >= 11 is 0. The van der Waals surface area contributed by atoms with Crippen molar-refractivity contribution < 1.29 is 27.6 Å². The first-order valence-electron chi connectivity index (χ1n) is 9.14. The molecule has 1 heterocycles. The summed E-state index contributed by atoms with van der Waals surface area (Å²) in [6.07, 6.45) is 1.82. The van der Waals surface area contributed by atoms with Crippen molar-refractivity contribution in [1.82, 2.24) is 4.72 Å². The summed E-state index contributed by atoms with van der Waals surface area (Å²) in [6.45, 7) is 0.412. The van der Waals surface area contributed by atoms with Crippen molar-refractivity contribution in [3.8, 4) is 0 Å². The second-order valence-corrected chi connectivity index (χ2v) is 8.22. The van der Waals surface area contributed by atoms with Gasteiger partial charge in [-0.2, -0.15) is 0 Å². The number of hydrogen-bond donors (Lipinski definition) is 1. The summed E-state index contributed by atoms with van der Waals surface area (Å²) in [6, 6.07) is 13.9. The van der Waals surface area contributed by atoms with E-state index in [4.69, 9.17) is 14.2 Å². The number of nitrogens with one attached hydrogen (secondary N) is 1. The minimum Gasteiger partial charge on any atom is -0.374 e. The number of methoxy groups -OCH3 is 1. The third-order valence-electron chi connectivity index (χ3n) is 4.45. The molecule has 2 aromatic rings. The van der Waals surface area contributed by atoms with Crippen LogP contribution >= 0.6 is 0 Å². The van der Waals surface area contributed by atoms with Crippen molar-refractivity contribution in [2.24, 2.45) is 0 Å². The summed E-state index contributed by atoms with van der Waals surface area (Å²) < 4.78 is 44.8. The number of nitro benzene ring substituents is 1. The lowest BCUT2D eigenvalue weighted by atomic mass is 10.1. The highest BCUT2D eigenvalue weighted by Gasteiger charge is 2.33. The first kappa shape index (κ1) is 22.1. The Morgan fingerprint density at radius 3 is 2.50 bits per heavy atom. The Kier molecular flexibility index (Phi) is 7.29. The minimum absolute atomic E-state index is 0.0865. The van der Waals surface area contributed by atoms with E-state index in [0.29, 0.717) is 6.61 Å². The van der Waals surface area contributed by atoms with Crippen molar-refractivity contribution in [2.75, 3.05) is 13.7 Å². The topological polar surface area (TPSA) is 117 Å². The van der Waals surface area contributed by atoms with Crippen LogP contribution in [0.3, 0.4) is 0 Å². The van der Waals surface area contributed by atoms with Gasteiger partial charge in [0.1, 0.15) is 6.10 Å². The fraction of sp³-hybridized carbons (Fsp3) is 0.300. The molecular formula is C20H22N2O7S. The van der Waals surface area contributed by atoms with E-state index in [2.05, 4.69) is 4.72 Å². The molecule has 30 heavy (non-hydrogen) atoms. The van der Waals surface area contributed by atoms with E-state index in [1.54, 1.807) is 12.2 Å². The fourth-order valence-electron chi connectivity index (χ4n) is 2.97. The molecule has 1 aliphatic rings. The third kappa shape index (κ3) is 5.49. The van der Waals surface area contributed by atoms with Gasteiger partial charge < -0.3 is 14.2 Å². The normalized spacial score (nSPS) is 21.4. The highest BCUT2D eigenvalue weighted by molar-refractivity contribution is 7.89. The molecule has 0 saturated heterocycles. The van der Waals surface area contributed by atoms with E-state index in [1.807, 2.05) is 30.3 Å². The second kappa shape index (κ2) is 9.92. The van der Waals surface area contributed by atoms with E-state index in [1.165, 1.54) is 25.3 Å². The maximum Gasteiger partial charge on any atom is 0.289 e. The molecule has 0 bridgehead atoms. The van der Waals surface area contributed by atoms with Crippen LogP contribution in [0, 0.1) is 10.1 Å². The molecule has 0 amide bonds. The van der Waals surface area contributed by atoms with Crippen molar-refractivity contribution in [1.29, 1.82) is 0 Å². The van der Waals surface area contributed by atoms with Crippen LogP contribution in [-0.2, 0) is 30.8 Å². The zero-order chi connectivity index (χ0) is 21.6. The van der Waals surface area contributed by atoms with E-state index in [9.17, 15) is 18.5 Å². The monoisotopic (exact) mass is 434 g/mol. The van der Waals surface area contributed by atoms with Gasteiger partial charge in [-0.3, -0.25) is 10.1 Å². The quantitative estimate of drug-likeness (QED) is 0.366. The van der Waals surface area contributed by atoms with Crippen LogP contribution in [0.5, 0.6) is 0 Å². The molecule has 3 rings (SSSR count). The Balaban J connectivity index is 1.75. The number of hydrogen-bond acceptors (Lipinski definition) is 7. The molecule has 1 N–H and O–H groups in total. The fourth-order valence-corrected chi connectivity index (χ4v) is 4.37. The van der Waals surface area contributed by atoms with Crippen molar-refractivity contribution in [3.63, 3.8) is 0 Å². The van der Waals surface area contributed by atoms with Gasteiger partial charge in [0.2, 0.25) is 10.0 Å². The molecular weight excluding hydrogens is 412 g/mol. The molecule has 0 spiro atoms. The zero-order valence-electron chi connectivity index (χ0n) is 16.2. The Labute approximate surface area is 174 Å². The Morgan fingerprint density at radius 1 is 1.10 bits per heavy atom. The standard InChI is InChI=1S/C20H22N2O7S/c1-27-20-12-11-16(18(29-20)14-28-13-15-7-3-2-4-8-15)21-30(25,26)19-10-6-5-9-17(19)22(23)24/h2-12,16,18,20-21H,13-14H2,1H3/t16-,18-,20+/m1/s1. The highest BCUT2D eigenvalue weighted by atomic mass is 32.2. The molecule has 1 aliphatic heterocycles. The van der Waals surface area contributed by atoms with E-state index in [0.717, 1.165) is 11.6 Å². The molecule has 0 fully saturated rings. The molecule has 9 nitrogen and oxygen atoms in total. The first-order valence-corrected chi connectivity index (χ1v) is 10.6. The number of benzene rings is 2. The van der Waals surface area contributed by atoms with Crippen molar-refractivity contribution in [3.05, 3.63) is 82.4 Å². The third-order valence-corrected chi connectivity index (χ3v) is 5.96. The lowest BCUT2D eigenvalue weighted by Gasteiger charge is -2.31. The molecule has 0 saturated carbocycles. The van der Waals surface area contributed by atoms with Crippen LogP contribution in [-0.4, -0.2) is 45.5 Å². The SMILES string of the molecule is CO[C@@H]1C=C[C@@H](NS(=O)(=O)c2ccccc2[N+](=O)[O-])[C@@H](COCc2ccccc2)O1. The van der Waals surface area contributed by atoms with E-state index >= 15 is 0 Å². The Morgan fingerprint density at radius 2 is 1.80 bits per heavy atom. The lowest BCUT2D eigenvalue weighted by Crippen LogP contribution is -2.49. The second-order valence-electron chi connectivity index (χ2n) is 6.54. The van der Waals surface area contributed by atoms with Crippen LogP contribution in [0.4, 0.5) is 5.69 Å². The molecule has 160 valence electrons. The average Bonchev–Trinajstić information content (AvgIpc) is 2.75. The predicted molar refractivity (Wildman–Crippen MR) is 108 cm³/mol. The first-order chi connectivity index (χ1) is 14.4. The van der Waals surface area contributed by atoms with E-state index < -0.39 is 44.0 Å². The summed E-state index contributed by atoms with van der Waals surface area (Å²) in [5.41, 5.74) is 0.460. The van der Waals surface area contributed by atoms with Gasteiger partial charge in [-0.15, -0.1) is 0 Å². The van der Waals surface area contributed by atoms with Crippen LogP contribution < -0.4 is 4.72 Å². The molecule has 0 radical (unpaired) electrons. The minimum atomic E-state index is -4.19. The van der Waals surface area contributed by atoms with Gasteiger partial charge in [0.15, 0.2) is 11.2 Å².